The molecule has 0 amide bonds. The lowest BCUT2D eigenvalue weighted by Gasteiger charge is -2.17. The maximum atomic E-state index is 12.6. The van der Waals surface area contributed by atoms with Crippen molar-refractivity contribution in [1.29, 1.82) is 0 Å². The summed E-state index contributed by atoms with van der Waals surface area (Å²) >= 11 is -2.47. The molecule has 0 radical (unpaired) electrons. The van der Waals surface area contributed by atoms with Gasteiger partial charge in [-0.1, -0.05) is 6.92 Å². The molecule has 0 aliphatic rings. The number of alkyl halides is 2. The van der Waals surface area contributed by atoms with Gasteiger partial charge >= 0.3 is 11.4 Å². The molecule has 0 aromatic heterocycles. The lowest BCUT2D eigenvalue weighted by molar-refractivity contribution is -0.0369. The van der Waals surface area contributed by atoms with Crippen LogP contribution in [-0.4, -0.2) is 20.8 Å². The van der Waals surface area contributed by atoms with Crippen LogP contribution in [0.3, 0.4) is 0 Å². The van der Waals surface area contributed by atoms with Gasteiger partial charge in [-0.25, -0.2) is 8.78 Å². The minimum atomic E-state index is -2.82. The summed E-state index contributed by atoms with van der Waals surface area (Å²) in [6.45, 7) is 2.68. The van der Waals surface area contributed by atoms with Gasteiger partial charge in [0.25, 0.3) is 0 Å². The third-order valence-electron chi connectivity index (χ3n) is 1.35. The molecule has 0 bridgehead atoms. The Morgan fingerprint density at radius 1 is 1.67 bits per heavy atom. The highest BCUT2D eigenvalue weighted by Crippen LogP contribution is 2.25. The van der Waals surface area contributed by atoms with Crippen molar-refractivity contribution in [3.63, 3.8) is 0 Å². The predicted molar refractivity (Wildman–Crippen MR) is 41.2 cm³/mol. The number of hydrogen-bond donors (Lipinski definition) is 1. The van der Waals surface area contributed by atoms with Crippen LogP contribution in [0, 0.1) is 0 Å². The van der Waals surface area contributed by atoms with E-state index in [9.17, 15) is 13.0 Å². The monoisotopic (exact) mass is 202 g/mol. The van der Waals surface area contributed by atoms with Crippen molar-refractivity contribution < 1.29 is 21.7 Å². The van der Waals surface area contributed by atoms with Crippen LogP contribution in [0.15, 0.2) is 0 Å². The van der Waals surface area contributed by atoms with Gasteiger partial charge in [-0.05, 0) is 6.92 Å². The highest BCUT2D eigenvalue weighted by Gasteiger charge is 2.29. The van der Waals surface area contributed by atoms with Crippen molar-refractivity contribution in [2.75, 3.05) is 0 Å². The standard InChI is InChI=1S/C6H12F2O3S/c1-3-6(7,8)4-5(2)11-12(9)10/h5H,3-4H2,1-2H3,(H,9,10). The van der Waals surface area contributed by atoms with Crippen LogP contribution >= 0.6 is 0 Å². The van der Waals surface area contributed by atoms with Crippen LogP contribution in [0.2, 0.25) is 0 Å². The van der Waals surface area contributed by atoms with E-state index >= 15 is 0 Å². The van der Waals surface area contributed by atoms with Crippen LogP contribution < -0.4 is 0 Å². The Morgan fingerprint density at radius 2 is 2.17 bits per heavy atom. The second kappa shape index (κ2) is 4.84. The van der Waals surface area contributed by atoms with Crippen LogP contribution in [0.25, 0.3) is 0 Å². The number of halogens is 2. The molecular formula is C6H12F2O3S. The summed E-state index contributed by atoms with van der Waals surface area (Å²) in [7, 11) is 0. The predicted octanol–water partition coefficient (Wildman–Crippen LogP) is 1.96. The molecular weight excluding hydrogens is 190 g/mol. The Kier molecular flexibility index (Phi) is 4.81. The molecule has 3 nitrogen and oxygen atoms in total. The Morgan fingerprint density at radius 3 is 2.50 bits per heavy atom. The molecule has 0 saturated carbocycles. The molecule has 0 aromatic carbocycles. The molecule has 74 valence electrons. The van der Waals surface area contributed by atoms with Crippen LogP contribution in [-0.2, 0) is 15.5 Å². The first-order valence-corrected chi connectivity index (χ1v) is 4.56. The molecule has 0 rings (SSSR count). The van der Waals surface area contributed by atoms with Gasteiger partial charge in [-0.2, -0.15) is 4.21 Å². The van der Waals surface area contributed by atoms with E-state index in [0.29, 0.717) is 0 Å². The van der Waals surface area contributed by atoms with E-state index in [0.717, 1.165) is 0 Å². The summed E-state index contributed by atoms with van der Waals surface area (Å²) < 4.78 is 47.6. The molecule has 0 aliphatic heterocycles. The maximum absolute atomic E-state index is 12.6. The van der Waals surface area contributed by atoms with E-state index in [-0.39, 0.29) is 6.42 Å². The Labute approximate surface area is 72.6 Å². The quantitative estimate of drug-likeness (QED) is 0.693. The topological polar surface area (TPSA) is 46.5 Å². The van der Waals surface area contributed by atoms with Crippen molar-refractivity contribution in [1.82, 2.24) is 0 Å². The van der Waals surface area contributed by atoms with Crippen molar-refractivity contribution in [2.24, 2.45) is 0 Å². The van der Waals surface area contributed by atoms with Crippen molar-refractivity contribution in [2.45, 2.75) is 38.7 Å². The Hall–Kier alpha value is -0.0700. The van der Waals surface area contributed by atoms with E-state index in [1.807, 2.05) is 0 Å². The van der Waals surface area contributed by atoms with Crippen molar-refractivity contribution in [3.8, 4) is 0 Å². The minimum Gasteiger partial charge on any atom is -0.284 e. The number of rotatable bonds is 5. The molecule has 6 heteroatoms. The SMILES string of the molecule is CCC(F)(F)CC(C)OS(=O)O. The summed E-state index contributed by atoms with van der Waals surface area (Å²) in [4.78, 5) is 0. The van der Waals surface area contributed by atoms with E-state index in [4.69, 9.17) is 4.55 Å². The Balaban J connectivity index is 3.83. The Bertz CT molecular complexity index is 163. The second-order valence-corrected chi connectivity index (χ2v) is 3.16. The fourth-order valence-electron chi connectivity index (χ4n) is 0.739. The molecule has 0 spiro atoms. The van der Waals surface area contributed by atoms with Gasteiger partial charge in [0.1, 0.15) is 0 Å². The first-order valence-electron chi connectivity index (χ1n) is 3.53. The van der Waals surface area contributed by atoms with Crippen molar-refractivity contribution >= 4 is 11.4 Å². The summed E-state index contributed by atoms with van der Waals surface area (Å²) in [5.41, 5.74) is 0. The molecule has 0 aromatic rings. The summed E-state index contributed by atoms with van der Waals surface area (Å²) in [6, 6.07) is 0. The van der Waals surface area contributed by atoms with E-state index < -0.39 is 29.8 Å². The van der Waals surface area contributed by atoms with E-state index in [2.05, 4.69) is 4.18 Å². The summed E-state index contributed by atoms with van der Waals surface area (Å²) in [5, 5.41) is 0. The van der Waals surface area contributed by atoms with E-state index in [1.165, 1.54) is 13.8 Å². The van der Waals surface area contributed by atoms with Crippen LogP contribution in [0.5, 0.6) is 0 Å². The molecule has 0 aliphatic carbocycles. The minimum absolute atomic E-state index is 0.293. The lowest BCUT2D eigenvalue weighted by atomic mass is 10.1. The van der Waals surface area contributed by atoms with Gasteiger partial charge in [0, 0.05) is 12.8 Å². The largest absolute Gasteiger partial charge is 0.302 e. The van der Waals surface area contributed by atoms with Gasteiger partial charge in [0.2, 0.25) is 5.92 Å². The summed E-state index contributed by atoms with van der Waals surface area (Å²) in [5.74, 6) is -2.82. The fourth-order valence-corrected chi connectivity index (χ4v) is 1.09. The zero-order valence-corrected chi connectivity index (χ0v) is 7.74. The highest BCUT2D eigenvalue weighted by atomic mass is 32.2. The van der Waals surface area contributed by atoms with Gasteiger partial charge in [-0.3, -0.25) is 8.74 Å². The van der Waals surface area contributed by atoms with Gasteiger partial charge < -0.3 is 0 Å². The van der Waals surface area contributed by atoms with Gasteiger partial charge in [-0.15, -0.1) is 0 Å². The number of hydrogen-bond acceptors (Lipinski definition) is 2. The smallest absolute Gasteiger partial charge is 0.284 e. The van der Waals surface area contributed by atoms with Gasteiger partial charge in [0.05, 0.1) is 6.10 Å². The normalized spacial score (nSPS) is 17.4. The van der Waals surface area contributed by atoms with Crippen molar-refractivity contribution in [3.05, 3.63) is 0 Å². The zero-order chi connectivity index (χ0) is 9.78. The van der Waals surface area contributed by atoms with Crippen LogP contribution in [0.1, 0.15) is 26.7 Å². The summed E-state index contributed by atoms with van der Waals surface area (Å²) in [6.07, 6.45) is -1.74. The molecule has 2 unspecified atom stereocenters. The van der Waals surface area contributed by atoms with Gasteiger partial charge in [0.15, 0.2) is 0 Å². The second-order valence-electron chi connectivity index (χ2n) is 2.54. The third-order valence-corrected chi connectivity index (χ3v) is 1.84. The highest BCUT2D eigenvalue weighted by molar-refractivity contribution is 7.74. The average Bonchev–Trinajstić information content (AvgIpc) is 1.84. The molecule has 0 heterocycles. The first kappa shape index (κ1) is 11.9. The third kappa shape index (κ3) is 5.56. The molecule has 12 heavy (non-hydrogen) atoms. The molecule has 0 saturated heterocycles. The lowest BCUT2D eigenvalue weighted by Crippen LogP contribution is -2.23. The first-order chi connectivity index (χ1) is 5.37. The average molecular weight is 202 g/mol. The maximum Gasteiger partial charge on any atom is 0.302 e. The molecule has 1 N–H and O–H groups in total. The molecule has 2 atom stereocenters. The fraction of sp³-hybridized carbons (Fsp3) is 1.00. The molecule has 0 fully saturated rings. The van der Waals surface area contributed by atoms with E-state index in [1.54, 1.807) is 0 Å². The van der Waals surface area contributed by atoms with Crippen LogP contribution in [0.4, 0.5) is 8.78 Å². The zero-order valence-electron chi connectivity index (χ0n) is 6.92.